The number of hydrogen-bond donors (Lipinski definition) is 3. The van der Waals surface area contributed by atoms with E-state index in [2.05, 4.69) is 20.6 Å². The van der Waals surface area contributed by atoms with Crippen molar-refractivity contribution in [2.45, 2.75) is 25.2 Å². The minimum Gasteiger partial charge on any atom is -0.384 e. The number of alkyl halides is 1. The van der Waals surface area contributed by atoms with Crippen molar-refractivity contribution in [1.82, 2.24) is 19.9 Å². The van der Waals surface area contributed by atoms with E-state index in [0.717, 1.165) is 0 Å². The van der Waals surface area contributed by atoms with Crippen molar-refractivity contribution in [3.63, 3.8) is 0 Å². The molecule has 2 aliphatic rings. The number of rotatable bonds is 2. The van der Waals surface area contributed by atoms with Gasteiger partial charge in [0.2, 0.25) is 0 Å². The van der Waals surface area contributed by atoms with E-state index in [1.54, 1.807) is 13.0 Å². The number of hydrogen-bond acceptors (Lipinski definition) is 6. The normalized spacial score (nSPS) is 23.8. The third-order valence-electron chi connectivity index (χ3n) is 4.43. The van der Waals surface area contributed by atoms with E-state index in [4.69, 9.17) is 5.73 Å². The summed E-state index contributed by atoms with van der Waals surface area (Å²) < 4.78 is 15.8. The Bertz CT molecular complexity index is 985. The number of halogens is 1. The number of nitrogen functional groups attached to an aromatic ring is 1. The summed E-state index contributed by atoms with van der Waals surface area (Å²) in [7, 11) is 0. The Morgan fingerprint density at radius 2 is 2.20 bits per heavy atom. The molecule has 1 spiro atoms. The Hall–Kier alpha value is -3.23. The average molecular weight is 342 g/mol. The van der Waals surface area contributed by atoms with Gasteiger partial charge in [-0.05, 0) is 24.6 Å². The van der Waals surface area contributed by atoms with Gasteiger partial charge in [0.05, 0.1) is 0 Å². The molecule has 2 aromatic rings. The van der Waals surface area contributed by atoms with Gasteiger partial charge >= 0.3 is 0 Å². The highest BCUT2D eigenvalue weighted by Crippen LogP contribution is 2.36. The van der Waals surface area contributed by atoms with Crippen LogP contribution in [0.3, 0.4) is 0 Å². The number of carbonyl (C=O) groups excluding carboxylic acids is 1. The van der Waals surface area contributed by atoms with Gasteiger partial charge in [-0.15, -0.1) is 0 Å². The molecule has 25 heavy (non-hydrogen) atoms. The minimum absolute atomic E-state index is 0.130. The lowest BCUT2D eigenvalue weighted by atomic mass is 10.1. The molecule has 0 fully saturated rings. The predicted octanol–water partition coefficient (Wildman–Crippen LogP) is 0.967. The van der Waals surface area contributed by atoms with Crippen LogP contribution in [0.1, 0.15) is 22.5 Å². The SMILES string of the molecule is Cc1cc(Nc2cc(N)ncn2)c(=O)n2c1C(=O)NC21C=CCC1F. The van der Waals surface area contributed by atoms with Crippen molar-refractivity contribution < 1.29 is 9.18 Å². The summed E-state index contributed by atoms with van der Waals surface area (Å²) in [6, 6.07) is 3.01. The molecule has 3 heterocycles. The van der Waals surface area contributed by atoms with Gasteiger partial charge in [-0.25, -0.2) is 14.4 Å². The third kappa shape index (κ3) is 2.12. The first kappa shape index (κ1) is 15.3. The smallest absolute Gasteiger partial charge is 0.277 e. The first-order valence-corrected chi connectivity index (χ1v) is 7.68. The lowest BCUT2D eigenvalue weighted by Gasteiger charge is -2.28. The van der Waals surface area contributed by atoms with Crippen LogP contribution in [-0.2, 0) is 5.66 Å². The Balaban J connectivity index is 1.89. The van der Waals surface area contributed by atoms with Crippen molar-refractivity contribution in [2.75, 3.05) is 11.1 Å². The van der Waals surface area contributed by atoms with Crippen LogP contribution in [0.4, 0.5) is 21.7 Å². The fourth-order valence-corrected chi connectivity index (χ4v) is 3.33. The molecule has 4 rings (SSSR count). The molecule has 0 radical (unpaired) electrons. The van der Waals surface area contributed by atoms with Crippen LogP contribution in [0.25, 0.3) is 0 Å². The molecule has 0 saturated heterocycles. The predicted molar refractivity (Wildman–Crippen MR) is 89.3 cm³/mol. The molecular formula is C16H15FN6O2. The van der Waals surface area contributed by atoms with Crippen LogP contribution in [0.2, 0.25) is 0 Å². The van der Waals surface area contributed by atoms with Gasteiger partial charge in [0.15, 0.2) is 5.66 Å². The van der Waals surface area contributed by atoms with Crippen molar-refractivity contribution in [3.05, 3.63) is 52.2 Å². The standard InChI is InChI=1S/C16H15FN6O2/c1-8-5-9(21-12-6-11(18)19-7-20-12)15(25)23-13(8)14(24)22-16(23)4-2-3-10(16)17/h2,4-7,10H,3H2,1H3,(H,22,24)(H3,18,19,20,21). The fraction of sp³-hybridized carbons (Fsp3) is 0.250. The maximum absolute atomic E-state index is 14.6. The second kappa shape index (κ2) is 5.13. The maximum Gasteiger partial charge on any atom is 0.277 e. The van der Waals surface area contributed by atoms with Crippen LogP contribution in [0.5, 0.6) is 0 Å². The number of pyridine rings is 1. The first-order valence-electron chi connectivity index (χ1n) is 7.68. The molecule has 8 nitrogen and oxygen atoms in total. The maximum atomic E-state index is 14.6. The Labute approximate surface area is 141 Å². The van der Waals surface area contributed by atoms with Gasteiger partial charge in [-0.3, -0.25) is 14.2 Å². The number of nitrogens with one attached hydrogen (secondary N) is 2. The molecule has 1 aliphatic heterocycles. The quantitative estimate of drug-likeness (QED) is 0.701. The van der Waals surface area contributed by atoms with Crippen molar-refractivity contribution in [2.24, 2.45) is 0 Å². The van der Waals surface area contributed by atoms with Crippen molar-refractivity contribution in [3.8, 4) is 0 Å². The van der Waals surface area contributed by atoms with Crippen LogP contribution in [-0.4, -0.2) is 26.6 Å². The van der Waals surface area contributed by atoms with Gasteiger partial charge in [-0.1, -0.05) is 6.08 Å². The van der Waals surface area contributed by atoms with Crippen LogP contribution < -0.4 is 21.9 Å². The average Bonchev–Trinajstić information content (AvgIpc) is 3.06. The highest BCUT2D eigenvalue weighted by Gasteiger charge is 2.50. The second-order valence-corrected chi connectivity index (χ2v) is 6.07. The Kier molecular flexibility index (Phi) is 3.14. The van der Waals surface area contributed by atoms with Crippen LogP contribution >= 0.6 is 0 Å². The zero-order chi connectivity index (χ0) is 17.8. The van der Waals surface area contributed by atoms with Gasteiger partial charge in [0, 0.05) is 12.5 Å². The van der Waals surface area contributed by atoms with E-state index in [-0.39, 0.29) is 23.6 Å². The lowest BCUT2D eigenvalue weighted by Crippen LogP contribution is -2.51. The Morgan fingerprint density at radius 1 is 1.40 bits per heavy atom. The molecular weight excluding hydrogens is 327 g/mol. The fourth-order valence-electron chi connectivity index (χ4n) is 3.33. The van der Waals surface area contributed by atoms with E-state index >= 15 is 0 Å². The lowest BCUT2D eigenvalue weighted by molar-refractivity contribution is 0.0882. The molecule has 9 heteroatoms. The zero-order valence-electron chi connectivity index (χ0n) is 13.3. The van der Waals surface area contributed by atoms with Gasteiger partial charge in [0.25, 0.3) is 11.5 Å². The molecule has 2 unspecified atom stereocenters. The van der Waals surface area contributed by atoms with E-state index in [1.165, 1.54) is 29.1 Å². The summed E-state index contributed by atoms with van der Waals surface area (Å²) in [6.45, 7) is 1.69. The number of allylic oxidation sites excluding steroid dienone is 1. The van der Waals surface area contributed by atoms with Crippen molar-refractivity contribution >= 4 is 23.2 Å². The van der Waals surface area contributed by atoms with E-state index in [1.807, 2.05) is 0 Å². The number of anilines is 3. The number of nitrogens with zero attached hydrogens (tertiary/aromatic N) is 3. The van der Waals surface area contributed by atoms with E-state index in [9.17, 15) is 14.0 Å². The number of carbonyl (C=O) groups is 1. The number of amides is 1. The molecule has 4 N–H and O–H groups in total. The van der Waals surface area contributed by atoms with Crippen LogP contribution in [0, 0.1) is 6.92 Å². The summed E-state index contributed by atoms with van der Waals surface area (Å²) in [4.78, 5) is 33.1. The molecule has 2 aromatic heterocycles. The van der Waals surface area contributed by atoms with Crippen LogP contribution in [0.15, 0.2) is 35.4 Å². The summed E-state index contributed by atoms with van der Waals surface area (Å²) >= 11 is 0. The number of aromatic nitrogens is 3. The van der Waals surface area contributed by atoms with Gasteiger partial charge < -0.3 is 16.4 Å². The van der Waals surface area contributed by atoms with E-state index in [0.29, 0.717) is 11.4 Å². The molecule has 0 aromatic carbocycles. The molecule has 1 aliphatic carbocycles. The Morgan fingerprint density at radius 3 is 2.88 bits per heavy atom. The van der Waals surface area contributed by atoms with Gasteiger partial charge in [0.1, 0.15) is 35.5 Å². The third-order valence-corrected chi connectivity index (χ3v) is 4.43. The number of aryl methyl sites for hydroxylation is 1. The number of nitrogens with two attached hydrogens (primary N) is 1. The largest absolute Gasteiger partial charge is 0.384 e. The summed E-state index contributed by atoms with van der Waals surface area (Å²) in [5.41, 5.74) is 4.49. The molecule has 1 amide bonds. The molecule has 128 valence electrons. The summed E-state index contributed by atoms with van der Waals surface area (Å²) in [6.07, 6.45) is 3.12. The molecule has 2 atom stereocenters. The summed E-state index contributed by atoms with van der Waals surface area (Å²) in [5, 5.41) is 5.48. The van der Waals surface area contributed by atoms with Crippen molar-refractivity contribution in [1.29, 1.82) is 0 Å². The summed E-state index contributed by atoms with van der Waals surface area (Å²) in [5.74, 6) is 0.0997. The van der Waals surface area contributed by atoms with E-state index < -0.39 is 23.3 Å². The highest BCUT2D eigenvalue weighted by molar-refractivity contribution is 5.97. The topological polar surface area (TPSA) is 115 Å². The molecule has 0 bridgehead atoms. The molecule has 0 saturated carbocycles. The number of fused-ring (bicyclic) bond motifs is 2. The highest BCUT2D eigenvalue weighted by atomic mass is 19.1. The van der Waals surface area contributed by atoms with Gasteiger partial charge in [-0.2, -0.15) is 0 Å². The monoisotopic (exact) mass is 342 g/mol. The zero-order valence-corrected chi connectivity index (χ0v) is 13.3. The minimum atomic E-state index is -1.48. The first-order chi connectivity index (χ1) is 11.9. The second-order valence-electron chi connectivity index (χ2n) is 6.07.